The van der Waals surface area contributed by atoms with Gasteiger partial charge in [0.2, 0.25) is 0 Å². The number of aliphatic carboxylic acids is 1. The largest absolute Gasteiger partial charge is 0.508 e. The molecule has 1 saturated heterocycles. The molecule has 4 nitrogen and oxygen atoms in total. The van der Waals surface area contributed by atoms with Crippen LogP contribution in [0.2, 0.25) is 0 Å². The van der Waals surface area contributed by atoms with Crippen molar-refractivity contribution in [3.63, 3.8) is 0 Å². The Hall–Kier alpha value is -1.07. The van der Waals surface area contributed by atoms with Crippen molar-refractivity contribution in [2.45, 2.75) is 32.7 Å². The molecule has 1 heterocycles. The molecule has 0 saturated carbocycles. The molecule has 1 aromatic carbocycles. The van der Waals surface area contributed by atoms with E-state index >= 15 is 0 Å². The van der Waals surface area contributed by atoms with Crippen LogP contribution in [-0.2, 0) is 11.3 Å². The van der Waals surface area contributed by atoms with Crippen molar-refractivity contribution >= 4 is 21.9 Å². The lowest BCUT2D eigenvalue weighted by Crippen LogP contribution is -2.43. The Morgan fingerprint density at radius 1 is 1.40 bits per heavy atom. The van der Waals surface area contributed by atoms with E-state index in [0.29, 0.717) is 31.6 Å². The topological polar surface area (TPSA) is 60.8 Å². The van der Waals surface area contributed by atoms with Gasteiger partial charge >= 0.3 is 5.97 Å². The molecule has 5 heteroatoms. The lowest BCUT2D eigenvalue weighted by Gasteiger charge is -2.38. The highest BCUT2D eigenvalue weighted by atomic mass is 79.9. The maximum atomic E-state index is 11.4. The first-order valence-electron chi connectivity index (χ1n) is 6.90. The van der Waals surface area contributed by atoms with Crippen LogP contribution in [0.5, 0.6) is 5.75 Å². The van der Waals surface area contributed by atoms with Crippen molar-refractivity contribution in [2.24, 2.45) is 5.41 Å². The van der Waals surface area contributed by atoms with Gasteiger partial charge in [0.25, 0.3) is 0 Å². The fraction of sp³-hybridized carbons (Fsp3) is 0.533. The highest BCUT2D eigenvalue weighted by Crippen LogP contribution is 2.36. The quantitative estimate of drug-likeness (QED) is 0.882. The van der Waals surface area contributed by atoms with E-state index < -0.39 is 11.4 Å². The van der Waals surface area contributed by atoms with Gasteiger partial charge < -0.3 is 10.2 Å². The third-order valence-corrected chi connectivity index (χ3v) is 4.87. The van der Waals surface area contributed by atoms with Gasteiger partial charge in [-0.15, -0.1) is 0 Å². The zero-order valence-corrected chi connectivity index (χ0v) is 13.2. The van der Waals surface area contributed by atoms with Gasteiger partial charge in [-0.3, -0.25) is 9.69 Å². The summed E-state index contributed by atoms with van der Waals surface area (Å²) in [5.41, 5.74) is 0.314. The van der Waals surface area contributed by atoms with E-state index in [0.717, 1.165) is 23.1 Å². The number of halogens is 1. The van der Waals surface area contributed by atoms with Crippen LogP contribution in [0.1, 0.15) is 31.7 Å². The Balaban J connectivity index is 2.01. The highest BCUT2D eigenvalue weighted by Gasteiger charge is 2.39. The Bertz CT molecular complexity index is 496. The molecule has 0 atom stereocenters. The minimum atomic E-state index is -0.676. The van der Waals surface area contributed by atoms with E-state index in [2.05, 4.69) is 20.8 Å². The van der Waals surface area contributed by atoms with Gasteiger partial charge in [-0.2, -0.15) is 0 Å². The summed E-state index contributed by atoms with van der Waals surface area (Å²) in [5.74, 6) is -0.385. The number of likely N-dealkylation sites (tertiary alicyclic amines) is 1. The summed E-state index contributed by atoms with van der Waals surface area (Å²) in [6, 6.07) is 5.40. The molecule has 1 aliphatic rings. The number of benzene rings is 1. The number of nitrogens with zero attached hydrogens (tertiary/aromatic N) is 1. The molecule has 0 unspecified atom stereocenters. The summed E-state index contributed by atoms with van der Waals surface area (Å²) in [5, 5.41) is 19.2. The van der Waals surface area contributed by atoms with Gasteiger partial charge in [0.1, 0.15) is 5.75 Å². The van der Waals surface area contributed by atoms with Crippen LogP contribution in [0.4, 0.5) is 0 Å². The van der Waals surface area contributed by atoms with Crippen LogP contribution >= 0.6 is 15.9 Å². The van der Waals surface area contributed by atoms with E-state index in [9.17, 15) is 15.0 Å². The molecule has 0 radical (unpaired) electrons. The zero-order valence-electron chi connectivity index (χ0n) is 11.6. The molecule has 2 N–H and O–H groups in total. The summed E-state index contributed by atoms with van der Waals surface area (Å²) in [6.07, 6.45) is 2.03. The van der Waals surface area contributed by atoms with Crippen LogP contribution in [0.25, 0.3) is 0 Å². The van der Waals surface area contributed by atoms with E-state index in [1.165, 1.54) is 0 Å². The molecular weight excluding hydrogens is 322 g/mol. The maximum Gasteiger partial charge on any atom is 0.309 e. The monoisotopic (exact) mass is 341 g/mol. The number of phenols is 1. The lowest BCUT2D eigenvalue weighted by atomic mass is 9.76. The molecule has 0 amide bonds. The molecule has 1 aliphatic heterocycles. The minimum Gasteiger partial charge on any atom is -0.508 e. The highest BCUT2D eigenvalue weighted by molar-refractivity contribution is 9.10. The third kappa shape index (κ3) is 3.15. The maximum absolute atomic E-state index is 11.4. The lowest BCUT2D eigenvalue weighted by molar-refractivity contribution is -0.152. The van der Waals surface area contributed by atoms with Crippen molar-refractivity contribution in [2.75, 3.05) is 13.1 Å². The van der Waals surface area contributed by atoms with Crippen LogP contribution in [0.3, 0.4) is 0 Å². The number of carboxylic acid groups (broad SMARTS) is 1. The molecule has 0 aliphatic carbocycles. The Morgan fingerprint density at radius 2 is 2.05 bits per heavy atom. The average Bonchev–Trinajstić information content (AvgIpc) is 2.43. The first-order chi connectivity index (χ1) is 9.47. The summed E-state index contributed by atoms with van der Waals surface area (Å²) in [4.78, 5) is 13.6. The number of aromatic hydroxyl groups is 1. The summed E-state index contributed by atoms with van der Waals surface area (Å²) < 4.78 is 0.941. The van der Waals surface area contributed by atoms with Crippen molar-refractivity contribution in [1.82, 2.24) is 4.90 Å². The Morgan fingerprint density at radius 3 is 2.60 bits per heavy atom. The first kappa shape index (κ1) is 15.3. The molecule has 2 rings (SSSR count). The second-order valence-corrected chi connectivity index (χ2v) is 6.40. The number of rotatable bonds is 4. The van der Waals surface area contributed by atoms with E-state index in [1.54, 1.807) is 6.07 Å². The van der Waals surface area contributed by atoms with E-state index in [4.69, 9.17) is 0 Å². The zero-order chi connectivity index (χ0) is 14.8. The van der Waals surface area contributed by atoms with Gasteiger partial charge in [0.15, 0.2) is 0 Å². The molecule has 1 aromatic rings. The van der Waals surface area contributed by atoms with Crippen LogP contribution in [0.15, 0.2) is 22.7 Å². The SMILES string of the molecule is CCC1(C(=O)O)CCN(Cc2cc(Br)ccc2O)CC1. The van der Waals surface area contributed by atoms with Gasteiger partial charge in [-0.05, 0) is 50.6 Å². The van der Waals surface area contributed by atoms with Crippen molar-refractivity contribution in [3.05, 3.63) is 28.2 Å². The predicted octanol–water partition coefficient (Wildman–Crippen LogP) is 3.23. The number of hydrogen-bond acceptors (Lipinski definition) is 3. The first-order valence-corrected chi connectivity index (χ1v) is 7.69. The fourth-order valence-corrected chi connectivity index (χ4v) is 3.19. The summed E-state index contributed by atoms with van der Waals surface area (Å²) in [7, 11) is 0. The van der Waals surface area contributed by atoms with Gasteiger partial charge in [0, 0.05) is 16.6 Å². The minimum absolute atomic E-state index is 0.291. The molecule has 0 aromatic heterocycles. The molecule has 20 heavy (non-hydrogen) atoms. The van der Waals surface area contributed by atoms with Crippen molar-refractivity contribution in [1.29, 1.82) is 0 Å². The smallest absolute Gasteiger partial charge is 0.309 e. The summed E-state index contributed by atoms with van der Waals surface area (Å²) >= 11 is 3.40. The Kier molecular flexibility index (Phi) is 4.70. The summed E-state index contributed by atoms with van der Waals surface area (Å²) in [6.45, 7) is 4.12. The van der Waals surface area contributed by atoms with Crippen LogP contribution < -0.4 is 0 Å². The number of hydrogen-bond donors (Lipinski definition) is 2. The molecule has 110 valence electrons. The number of phenolic OH excluding ortho intramolecular Hbond substituents is 1. The Labute approximate surface area is 127 Å². The average molecular weight is 342 g/mol. The predicted molar refractivity (Wildman–Crippen MR) is 80.7 cm³/mol. The molecule has 1 fully saturated rings. The number of carboxylic acids is 1. The van der Waals surface area contributed by atoms with Gasteiger partial charge in [-0.25, -0.2) is 0 Å². The van der Waals surface area contributed by atoms with Gasteiger partial charge in [0.05, 0.1) is 5.41 Å². The molecule has 0 bridgehead atoms. The van der Waals surface area contributed by atoms with Gasteiger partial charge in [-0.1, -0.05) is 22.9 Å². The van der Waals surface area contributed by atoms with Crippen LogP contribution in [0, 0.1) is 5.41 Å². The second-order valence-electron chi connectivity index (χ2n) is 5.49. The second kappa shape index (κ2) is 6.14. The third-order valence-electron chi connectivity index (χ3n) is 4.38. The standard InChI is InChI=1S/C15H20BrNO3/c1-2-15(14(19)20)5-7-17(8-6-15)10-11-9-12(16)3-4-13(11)18/h3-4,9,18H,2,5-8,10H2,1H3,(H,19,20). The number of piperidine rings is 1. The van der Waals surface area contributed by atoms with Crippen molar-refractivity contribution in [3.8, 4) is 5.75 Å². The molecular formula is C15H20BrNO3. The fourth-order valence-electron chi connectivity index (χ4n) is 2.78. The van der Waals surface area contributed by atoms with Crippen LogP contribution in [-0.4, -0.2) is 34.2 Å². The van der Waals surface area contributed by atoms with Crippen molar-refractivity contribution < 1.29 is 15.0 Å². The number of carbonyl (C=O) groups is 1. The molecule has 0 spiro atoms. The normalized spacial score (nSPS) is 18.9. The van der Waals surface area contributed by atoms with E-state index in [1.807, 2.05) is 19.1 Å². The van der Waals surface area contributed by atoms with E-state index in [-0.39, 0.29) is 0 Å².